The third kappa shape index (κ3) is 2.94. The zero-order chi connectivity index (χ0) is 14.8. The summed E-state index contributed by atoms with van der Waals surface area (Å²) in [5.41, 5.74) is 1.89. The summed E-state index contributed by atoms with van der Waals surface area (Å²) in [6.07, 6.45) is 6.08. The Morgan fingerprint density at radius 1 is 1.10 bits per heavy atom. The number of aldehydes is 1. The number of hydrogen-bond acceptors (Lipinski definition) is 2. The molecule has 0 unspecified atom stereocenters. The molecule has 0 atom stereocenters. The molecule has 2 aromatic rings. The number of fused-ring (bicyclic) bond motifs is 1. The highest BCUT2D eigenvalue weighted by Gasteiger charge is 2.20. The van der Waals surface area contributed by atoms with Crippen LogP contribution in [0.3, 0.4) is 0 Å². The Labute approximate surface area is 126 Å². The standard InChI is InChI=1S/C19H22O2/c1-13-3-7-17(8-4-13)21-19-10-6-16-11-15(12-20)5-9-18(16)14(19)2/h5-6,9-13,17H,3-4,7-8H2,1-2H3. The van der Waals surface area contributed by atoms with Crippen molar-refractivity contribution < 1.29 is 9.53 Å². The summed E-state index contributed by atoms with van der Waals surface area (Å²) >= 11 is 0. The molecular weight excluding hydrogens is 260 g/mol. The van der Waals surface area contributed by atoms with Crippen LogP contribution in [0.1, 0.15) is 48.5 Å². The van der Waals surface area contributed by atoms with Gasteiger partial charge in [0.05, 0.1) is 6.10 Å². The third-order valence-electron chi connectivity index (χ3n) is 4.66. The number of aryl methyl sites for hydroxylation is 1. The highest BCUT2D eigenvalue weighted by molar-refractivity contribution is 5.92. The SMILES string of the molecule is Cc1c(OC2CCC(C)CC2)ccc2cc(C=O)ccc12. The molecule has 0 heterocycles. The molecule has 0 aromatic heterocycles. The van der Waals surface area contributed by atoms with Gasteiger partial charge in [-0.2, -0.15) is 0 Å². The molecule has 1 saturated carbocycles. The fraction of sp³-hybridized carbons (Fsp3) is 0.421. The van der Waals surface area contributed by atoms with E-state index >= 15 is 0 Å². The van der Waals surface area contributed by atoms with Gasteiger partial charge in [-0.15, -0.1) is 0 Å². The van der Waals surface area contributed by atoms with E-state index in [0.717, 1.165) is 41.7 Å². The maximum atomic E-state index is 10.9. The van der Waals surface area contributed by atoms with Crippen molar-refractivity contribution in [2.75, 3.05) is 0 Å². The number of hydrogen-bond donors (Lipinski definition) is 0. The fourth-order valence-electron chi connectivity index (χ4n) is 3.21. The first-order chi connectivity index (χ1) is 10.2. The monoisotopic (exact) mass is 282 g/mol. The normalized spacial score (nSPS) is 22.2. The minimum atomic E-state index is 0.353. The summed E-state index contributed by atoms with van der Waals surface area (Å²) in [7, 11) is 0. The van der Waals surface area contributed by atoms with Crippen LogP contribution in [-0.2, 0) is 0 Å². The predicted molar refractivity (Wildman–Crippen MR) is 86.1 cm³/mol. The number of carbonyl (C=O) groups is 1. The van der Waals surface area contributed by atoms with Crippen LogP contribution in [0.15, 0.2) is 30.3 Å². The van der Waals surface area contributed by atoms with Crippen molar-refractivity contribution in [3.63, 3.8) is 0 Å². The van der Waals surface area contributed by atoms with Crippen LogP contribution in [0.2, 0.25) is 0 Å². The van der Waals surface area contributed by atoms with Crippen molar-refractivity contribution in [1.82, 2.24) is 0 Å². The van der Waals surface area contributed by atoms with Crippen LogP contribution in [0, 0.1) is 12.8 Å². The van der Waals surface area contributed by atoms with Gasteiger partial charge in [0, 0.05) is 5.56 Å². The second-order valence-electron chi connectivity index (χ2n) is 6.29. The van der Waals surface area contributed by atoms with Crippen LogP contribution < -0.4 is 4.74 Å². The van der Waals surface area contributed by atoms with E-state index in [0.29, 0.717) is 6.10 Å². The van der Waals surface area contributed by atoms with Gasteiger partial charge >= 0.3 is 0 Å². The minimum absolute atomic E-state index is 0.353. The van der Waals surface area contributed by atoms with E-state index in [1.165, 1.54) is 23.8 Å². The van der Waals surface area contributed by atoms with Crippen molar-refractivity contribution >= 4 is 17.1 Å². The molecule has 0 N–H and O–H groups in total. The lowest BCUT2D eigenvalue weighted by Crippen LogP contribution is -2.23. The zero-order valence-corrected chi connectivity index (χ0v) is 12.8. The fourth-order valence-corrected chi connectivity index (χ4v) is 3.21. The summed E-state index contributed by atoms with van der Waals surface area (Å²) in [6, 6.07) is 9.92. The number of carbonyl (C=O) groups excluding carboxylic acids is 1. The van der Waals surface area contributed by atoms with Crippen LogP contribution in [-0.4, -0.2) is 12.4 Å². The number of benzene rings is 2. The van der Waals surface area contributed by atoms with Crippen molar-refractivity contribution in [3.8, 4) is 5.75 Å². The molecule has 0 bridgehead atoms. The molecule has 0 saturated heterocycles. The van der Waals surface area contributed by atoms with E-state index in [4.69, 9.17) is 4.74 Å². The van der Waals surface area contributed by atoms with E-state index in [1.54, 1.807) is 0 Å². The molecule has 1 fully saturated rings. The first-order valence-electron chi connectivity index (χ1n) is 7.82. The average molecular weight is 282 g/mol. The van der Waals surface area contributed by atoms with E-state index in [9.17, 15) is 4.79 Å². The molecule has 21 heavy (non-hydrogen) atoms. The quantitative estimate of drug-likeness (QED) is 0.747. The molecule has 2 aromatic carbocycles. The molecule has 1 aliphatic carbocycles. The maximum Gasteiger partial charge on any atom is 0.150 e. The lowest BCUT2D eigenvalue weighted by Gasteiger charge is -2.27. The van der Waals surface area contributed by atoms with Gasteiger partial charge in [0.2, 0.25) is 0 Å². The van der Waals surface area contributed by atoms with E-state index in [2.05, 4.69) is 19.9 Å². The zero-order valence-electron chi connectivity index (χ0n) is 12.8. The summed E-state index contributed by atoms with van der Waals surface area (Å²) in [4.78, 5) is 10.9. The summed E-state index contributed by atoms with van der Waals surface area (Å²) in [5, 5.41) is 2.27. The molecular formula is C19H22O2. The molecule has 2 heteroatoms. The Balaban J connectivity index is 1.86. The molecule has 0 radical (unpaired) electrons. The van der Waals surface area contributed by atoms with E-state index in [1.807, 2.05) is 24.3 Å². The number of ether oxygens (including phenoxy) is 1. The Kier molecular flexibility index (Phi) is 3.96. The molecule has 1 aliphatic rings. The molecule has 0 aliphatic heterocycles. The van der Waals surface area contributed by atoms with Gasteiger partial charge in [-0.05, 0) is 67.0 Å². The molecule has 110 valence electrons. The van der Waals surface area contributed by atoms with Gasteiger partial charge in [0.1, 0.15) is 12.0 Å². The number of rotatable bonds is 3. The lowest BCUT2D eigenvalue weighted by atomic mass is 9.89. The maximum absolute atomic E-state index is 10.9. The van der Waals surface area contributed by atoms with Gasteiger partial charge in [0.15, 0.2) is 0 Å². The second kappa shape index (κ2) is 5.88. The Morgan fingerprint density at radius 3 is 2.57 bits per heavy atom. The Morgan fingerprint density at radius 2 is 1.86 bits per heavy atom. The summed E-state index contributed by atoms with van der Waals surface area (Å²) < 4.78 is 6.23. The predicted octanol–water partition coefficient (Wildman–Crippen LogP) is 4.92. The lowest BCUT2D eigenvalue weighted by molar-refractivity contribution is 0.112. The highest BCUT2D eigenvalue weighted by atomic mass is 16.5. The van der Waals surface area contributed by atoms with Gasteiger partial charge < -0.3 is 4.74 Å². The van der Waals surface area contributed by atoms with E-state index in [-0.39, 0.29) is 0 Å². The van der Waals surface area contributed by atoms with Gasteiger partial charge in [-0.25, -0.2) is 0 Å². The van der Waals surface area contributed by atoms with Crippen molar-refractivity contribution in [2.45, 2.75) is 45.6 Å². The first-order valence-corrected chi connectivity index (χ1v) is 7.82. The summed E-state index contributed by atoms with van der Waals surface area (Å²) in [5.74, 6) is 1.82. The highest BCUT2D eigenvalue weighted by Crippen LogP contribution is 2.32. The van der Waals surface area contributed by atoms with E-state index < -0.39 is 0 Å². The first kappa shape index (κ1) is 14.1. The topological polar surface area (TPSA) is 26.3 Å². The minimum Gasteiger partial charge on any atom is -0.490 e. The van der Waals surface area contributed by atoms with Gasteiger partial charge in [-0.1, -0.05) is 25.1 Å². The smallest absolute Gasteiger partial charge is 0.150 e. The Hall–Kier alpha value is -1.83. The van der Waals surface area contributed by atoms with Crippen LogP contribution in [0.4, 0.5) is 0 Å². The van der Waals surface area contributed by atoms with Crippen LogP contribution in [0.25, 0.3) is 10.8 Å². The largest absolute Gasteiger partial charge is 0.490 e. The molecule has 0 spiro atoms. The Bertz CT molecular complexity index is 652. The second-order valence-corrected chi connectivity index (χ2v) is 6.29. The molecule has 0 amide bonds. The van der Waals surface area contributed by atoms with Gasteiger partial charge in [0.25, 0.3) is 0 Å². The third-order valence-corrected chi connectivity index (χ3v) is 4.66. The van der Waals surface area contributed by atoms with Crippen molar-refractivity contribution in [1.29, 1.82) is 0 Å². The molecule has 2 nitrogen and oxygen atoms in total. The van der Waals surface area contributed by atoms with Crippen LogP contribution >= 0.6 is 0 Å². The van der Waals surface area contributed by atoms with Crippen molar-refractivity contribution in [2.24, 2.45) is 5.92 Å². The van der Waals surface area contributed by atoms with Crippen LogP contribution in [0.5, 0.6) is 5.75 Å². The average Bonchev–Trinajstić information content (AvgIpc) is 2.52. The molecule has 3 rings (SSSR count). The van der Waals surface area contributed by atoms with Gasteiger partial charge in [-0.3, -0.25) is 4.79 Å². The van der Waals surface area contributed by atoms with Crippen molar-refractivity contribution in [3.05, 3.63) is 41.5 Å². The summed E-state index contributed by atoms with van der Waals surface area (Å²) in [6.45, 7) is 4.42.